The molecule has 4 rings (SSSR count). The van der Waals surface area contributed by atoms with Crippen LogP contribution in [0.1, 0.15) is 36.9 Å². The maximum absolute atomic E-state index is 12.9. The number of hydroxylamine groups is 2. The first-order valence-electron chi connectivity index (χ1n) is 8.90. The molecule has 0 aliphatic carbocycles. The maximum Gasteiger partial charge on any atom is 0.315 e. The zero-order valence-electron chi connectivity index (χ0n) is 15.2. The number of hydrogen-bond acceptors (Lipinski definition) is 4. The van der Waals surface area contributed by atoms with Gasteiger partial charge in [0, 0.05) is 5.39 Å². The van der Waals surface area contributed by atoms with Gasteiger partial charge in [0.05, 0.1) is 18.0 Å². The van der Waals surface area contributed by atoms with Crippen LogP contribution in [0.5, 0.6) is 5.75 Å². The van der Waals surface area contributed by atoms with Gasteiger partial charge in [-0.3, -0.25) is 14.4 Å². The molecule has 1 atom stereocenters. The van der Waals surface area contributed by atoms with Crippen molar-refractivity contribution in [2.45, 2.75) is 32.5 Å². The summed E-state index contributed by atoms with van der Waals surface area (Å²) in [5.74, 6) is -0.208. The minimum Gasteiger partial charge on any atom is -0.426 e. The number of carbonyl (C=O) groups excluding carboxylic acids is 2. The van der Waals surface area contributed by atoms with E-state index in [1.165, 1.54) is 5.06 Å². The predicted molar refractivity (Wildman–Crippen MR) is 100 cm³/mol. The highest BCUT2D eigenvalue weighted by Crippen LogP contribution is 2.36. The van der Waals surface area contributed by atoms with Gasteiger partial charge in [0.15, 0.2) is 0 Å². The van der Waals surface area contributed by atoms with E-state index in [4.69, 9.17) is 9.57 Å². The lowest BCUT2D eigenvalue weighted by molar-refractivity contribution is -0.187. The fourth-order valence-electron chi connectivity index (χ4n) is 3.34. The molecule has 0 bridgehead atoms. The van der Waals surface area contributed by atoms with Crippen LogP contribution in [-0.2, 0) is 9.63 Å². The maximum atomic E-state index is 12.9. The number of fused-ring (bicyclic) bond motifs is 3. The molecule has 1 aromatic heterocycles. The van der Waals surface area contributed by atoms with Crippen LogP contribution < -0.4 is 4.74 Å². The van der Waals surface area contributed by atoms with Crippen LogP contribution in [0, 0.1) is 0 Å². The van der Waals surface area contributed by atoms with Crippen molar-refractivity contribution in [1.82, 2.24) is 9.63 Å². The van der Waals surface area contributed by atoms with E-state index in [1.807, 2.05) is 54.8 Å². The molecule has 1 aliphatic rings. The van der Waals surface area contributed by atoms with Crippen molar-refractivity contribution < 1.29 is 19.2 Å². The monoisotopic (exact) mass is 364 g/mol. The predicted octanol–water partition coefficient (Wildman–Crippen LogP) is 3.93. The molecule has 6 heteroatoms. The summed E-state index contributed by atoms with van der Waals surface area (Å²) in [5.41, 5.74) is 1.39. The van der Waals surface area contributed by atoms with Gasteiger partial charge in [-0.05, 0) is 38.1 Å². The average molecular weight is 364 g/mol. The highest BCUT2D eigenvalue weighted by Gasteiger charge is 2.41. The van der Waals surface area contributed by atoms with E-state index in [1.54, 1.807) is 24.3 Å². The van der Waals surface area contributed by atoms with E-state index in [2.05, 4.69) is 0 Å². The fourth-order valence-corrected chi connectivity index (χ4v) is 3.34. The van der Waals surface area contributed by atoms with Gasteiger partial charge < -0.3 is 9.30 Å². The van der Waals surface area contributed by atoms with Crippen LogP contribution in [0.4, 0.5) is 0 Å². The number of nitrogens with zero attached hydrogens (tertiary/aromatic N) is 2. The van der Waals surface area contributed by atoms with Gasteiger partial charge >= 0.3 is 5.97 Å². The number of esters is 1. The Morgan fingerprint density at radius 2 is 1.78 bits per heavy atom. The molecule has 1 unspecified atom stereocenters. The molecular weight excluding hydrogens is 344 g/mol. The van der Waals surface area contributed by atoms with E-state index in [-0.39, 0.29) is 18.4 Å². The lowest BCUT2D eigenvalue weighted by Crippen LogP contribution is -2.34. The van der Waals surface area contributed by atoms with Gasteiger partial charge in [-0.2, -0.15) is 5.06 Å². The summed E-state index contributed by atoms with van der Waals surface area (Å²) in [6.45, 7) is 3.69. The van der Waals surface area contributed by atoms with Crippen LogP contribution in [0.15, 0.2) is 60.7 Å². The molecule has 1 aliphatic heterocycles. The third-order valence-corrected chi connectivity index (χ3v) is 4.38. The lowest BCUT2D eigenvalue weighted by Gasteiger charge is -2.26. The topological polar surface area (TPSA) is 60.8 Å². The van der Waals surface area contributed by atoms with Crippen molar-refractivity contribution >= 4 is 22.8 Å². The number of hydrogen-bond donors (Lipinski definition) is 0. The Labute approximate surface area is 156 Å². The highest BCUT2D eigenvalue weighted by molar-refractivity contribution is 6.01. The van der Waals surface area contributed by atoms with Crippen LogP contribution in [0.3, 0.4) is 0 Å². The average Bonchev–Trinajstić information content (AvgIpc) is 3.14. The van der Waals surface area contributed by atoms with Gasteiger partial charge in [-0.15, -0.1) is 0 Å². The first kappa shape index (κ1) is 17.3. The second kappa shape index (κ2) is 6.89. The summed E-state index contributed by atoms with van der Waals surface area (Å²) in [6, 6.07) is 18.4. The first-order chi connectivity index (χ1) is 13.0. The zero-order valence-corrected chi connectivity index (χ0v) is 15.2. The minimum absolute atomic E-state index is 0.0149. The molecule has 0 N–H and O–H groups in total. The summed E-state index contributed by atoms with van der Waals surface area (Å²) in [5, 5.41) is 2.24. The van der Waals surface area contributed by atoms with Crippen molar-refractivity contribution in [2.24, 2.45) is 0 Å². The highest BCUT2D eigenvalue weighted by atomic mass is 16.7. The molecule has 1 amide bonds. The Bertz CT molecular complexity index is 994. The Morgan fingerprint density at radius 1 is 1.07 bits per heavy atom. The van der Waals surface area contributed by atoms with Gasteiger partial charge in [0.1, 0.15) is 17.6 Å². The number of rotatable bonds is 5. The first-order valence-corrected chi connectivity index (χ1v) is 8.90. The molecular formula is C21H20N2O4. The summed E-state index contributed by atoms with van der Waals surface area (Å²) < 4.78 is 7.28. The zero-order chi connectivity index (χ0) is 19.0. The van der Waals surface area contributed by atoms with Gasteiger partial charge in [0.2, 0.25) is 0 Å². The number of ether oxygens (including phenoxy) is 1. The van der Waals surface area contributed by atoms with Crippen molar-refractivity contribution in [1.29, 1.82) is 0 Å². The minimum atomic E-state index is -0.592. The number of benzene rings is 2. The molecule has 0 radical (unpaired) electrons. The fraction of sp³-hybridized carbons (Fsp3) is 0.238. The second-order valence-corrected chi connectivity index (χ2v) is 6.72. The molecule has 2 aromatic carbocycles. The smallest absolute Gasteiger partial charge is 0.315 e. The van der Waals surface area contributed by atoms with Crippen LogP contribution in [0.25, 0.3) is 10.9 Å². The molecule has 0 saturated heterocycles. The third-order valence-electron chi connectivity index (χ3n) is 4.38. The van der Waals surface area contributed by atoms with Crippen molar-refractivity contribution in [2.75, 3.05) is 0 Å². The van der Waals surface area contributed by atoms with Crippen LogP contribution in [-0.4, -0.2) is 27.6 Å². The molecule has 0 saturated carbocycles. The third kappa shape index (κ3) is 3.19. The van der Waals surface area contributed by atoms with Crippen molar-refractivity contribution in [3.8, 4) is 5.75 Å². The quantitative estimate of drug-likeness (QED) is 0.508. The van der Waals surface area contributed by atoms with Crippen LogP contribution >= 0.6 is 0 Å². The summed E-state index contributed by atoms with van der Waals surface area (Å²) >= 11 is 0. The Balaban J connectivity index is 1.67. The molecule has 0 spiro atoms. The van der Waals surface area contributed by atoms with Gasteiger partial charge in [-0.25, -0.2) is 0 Å². The van der Waals surface area contributed by atoms with Crippen LogP contribution in [0.2, 0.25) is 0 Å². The van der Waals surface area contributed by atoms with E-state index >= 15 is 0 Å². The van der Waals surface area contributed by atoms with E-state index in [0.717, 1.165) is 10.9 Å². The number of para-hydroxylation sites is 2. The van der Waals surface area contributed by atoms with Gasteiger partial charge in [0.25, 0.3) is 5.91 Å². The second-order valence-electron chi connectivity index (χ2n) is 6.72. The number of aromatic nitrogens is 1. The Morgan fingerprint density at radius 3 is 2.52 bits per heavy atom. The summed E-state index contributed by atoms with van der Waals surface area (Å²) in [6.07, 6.45) is -0.803. The molecule has 3 aromatic rings. The van der Waals surface area contributed by atoms with E-state index in [9.17, 15) is 9.59 Å². The lowest BCUT2D eigenvalue weighted by atomic mass is 10.2. The van der Waals surface area contributed by atoms with Crippen molar-refractivity contribution in [3.05, 3.63) is 66.4 Å². The van der Waals surface area contributed by atoms with E-state index in [0.29, 0.717) is 11.4 Å². The number of carbonyl (C=O) groups is 2. The van der Waals surface area contributed by atoms with Crippen molar-refractivity contribution in [3.63, 3.8) is 0 Å². The normalized spacial score (nSPS) is 16.2. The van der Waals surface area contributed by atoms with Gasteiger partial charge in [-0.1, -0.05) is 36.4 Å². The SMILES string of the molecule is CC(C)ON1C(=O)c2cc3ccccc3n2C1CC(=O)Oc1ccccc1. The molecule has 6 nitrogen and oxygen atoms in total. The number of amides is 1. The van der Waals surface area contributed by atoms with E-state index < -0.39 is 12.1 Å². The Hall–Kier alpha value is -3.12. The summed E-state index contributed by atoms with van der Waals surface area (Å²) in [7, 11) is 0. The molecule has 27 heavy (non-hydrogen) atoms. The molecule has 2 heterocycles. The molecule has 0 fully saturated rings. The Kier molecular flexibility index (Phi) is 4.41. The standard InChI is InChI=1S/C21H20N2O4/c1-14(2)27-23-19(13-20(24)26-16-9-4-3-5-10-16)22-17-11-7-6-8-15(17)12-18(22)21(23)25/h3-12,14,19H,13H2,1-2H3. The largest absolute Gasteiger partial charge is 0.426 e. The summed E-state index contributed by atoms with van der Waals surface area (Å²) in [4.78, 5) is 31.2. The molecule has 138 valence electrons.